The molecule has 0 radical (unpaired) electrons. The number of carbonyl (C=O) groups excluding carboxylic acids is 3. The Morgan fingerprint density at radius 3 is 2.29 bits per heavy atom. The molecule has 0 heterocycles. The highest BCUT2D eigenvalue weighted by atomic mass is 16.6. The van der Waals surface area contributed by atoms with Gasteiger partial charge in [-0.3, -0.25) is 9.59 Å². The van der Waals surface area contributed by atoms with Crippen LogP contribution in [-0.4, -0.2) is 30.1 Å². The lowest BCUT2D eigenvalue weighted by molar-refractivity contribution is -0.117. The molecule has 0 spiro atoms. The summed E-state index contributed by atoms with van der Waals surface area (Å²) in [4.78, 5) is 34.3. The fourth-order valence-corrected chi connectivity index (χ4v) is 1.64. The first-order chi connectivity index (χ1) is 11.2. The zero-order chi connectivity index (χ0) is 18.2. The summed E-state index contributed by atoms with van der Waals surface area (Å²) >= 11 is 0. The van der Waals surface area contributed by atoms with Crippen LogP contribution in [0.1, 0.15) is 26.3 Å². The smallest absolute Gasteiger partial charge is 0.408 e. The van der Waals surface area contributed by atoms with E-state index in [9.17, 15) is 14.4 Å². The Hall–Kier alpha value is -2.83. The van der Waals surface area contributed by atoms with Crippen LogP contribution in [-0.2, 0) is 20.9 Å². The van der Waals surface area contributed by atoms with E-state index < -0.39 is 11.7 Å². The lowest BCUT2D eigenvalue weighted by atomic mass is 10.2. The zero-order valence-corrected chi connectivity index (χ0v) is 14.1. The van der Waals surface area contributed by atoms with Gasteiger partial charge in [0.2, 0.25) is 11.8 Å². The van der Waals surface area contributed by atoms with E-state index in [-0.39, 0.29) is 18.4 Å². The average molecular weight is 333 g/mol. The minimum atomic E-state index is -0.647. The van der Waals surface area contributed by atoms with Gasteiger partial charge in [0.25, 0.3) is 0 Å². The molecule has 0 aliphatic rings. The predicted molar refractivity (Wildman–Crippen MR) is 91.4 cm³/mol. The van der Waals surface area contributed by atoms with Gasteiger partial charge in [-0.15, -0.1) is 0 Å². The second-order valence-electron chi connectivity index (χ2n) is 6.02. The summed E-state index contributed by atoms with van der Waals surface area (Å²) in [6.07, 6.45) is 0.553. The average Bonchev–Trinajstić information content (AvgIpc) is 2.50. The van der Waals surface area contributed by atoms with Gasteiger partial charge < -0.3 is 20.7 Å². The maximum absolute atomic E-state index is 11.8. The second-order valence-corrected chi connectivity index (χ2v) is 6.02. The van der Waals surface area contributed by atoms with Gasteiger partial charge in [-0.2, -0.15) is 0 Å². The van der Waals surface area contributed by atoms with Crippen molar-refractivity contribution >= 4 is 23.6 Å². The van der Waals surface area contributed by atoms with Crippen LogP contribution in [0.5, 0.6) is 0 Å². The molecule has 0 atom stereocenters. The van der Waals surface area contributed by atoms with Crippen molar-refractivity contribution in [3.63, 3.8) is 0 Å². The number of anilines is 1. The van der Waals surface area contributed by atoms with Crippen LogP contribution in [0.4, 0.5) is 10.5 Å². The van der Waals surface area contributed by atoms with Crippen LogP contribution in [0, 0.1) is 0 Å². The van der Waals surface area contributed by atoms with Gasteiger partial charge in [0.1, 0.15) is 12.1 Å². The summed E-state index contributed by atoms with van der Waals surface area (Å²) in [7, 11) is 0. The maximum atomic E-state index is 11.8. The third-order valence-corrected chi connectivity index (χ3v) is 2.68. The molecule has 0 unspecified atom stereocenters. The highest BCUT2D eigenvalue weighted by Crippen LogP contribution is 2.09. The van der Waals surface area contributed by atoms with E-state index in [2.05, 4.69) is 22.5 Å². The van der Waals surface area contributed by atoms with E-state index >= 15 is 0 Å². The highest BCUT2D eigenvalue weighted by Gasteiger charge is 2.16. The topological polar surface area (TPSA) is 96.5 Å². The Kier molecular flexibility index (Phi) is 6.98. The second kappa shape index (κ2) is 8.71. The SMILES string of the molecule is C=CC(=O)NCc1ccc(NC(=O)CNC(=O)OC(C)(C)C)cc1. The summed E-state index contributed by atoms with van der Waals surface area (Å²) < 4.78 is 5.04. The predicted octanol–water partition coefficient (Wildman–Crippen LogP) is 1.95. The molecule has 0 fully saturated rings. The van der Waals surface area contributed by atoms with E-state index in [0.717, 1.165) is 5.56 Å². The van der Waals surface area contributed by atoms with Crippen LogP contribution in [0.2, 0.25) is 0 Å². The number of rotatable bonds is 6. The first kappa shape index (κ1) is 19.2. The first-order valence-electron chi connectivity index (χ1n) is 7.45. The summed E-state index contributed by atoms with van der Waals surface area (Å²) in [5.74, 6) is -0.617. The molecule has 3 N–H and O–H groups in total. The Morgan fingerprint density at radius 1 is 1.12 bits per heavy atom. The molecule has 0 saturated heterocycles. The van der Waals surface area contributed by atoms with Crippen molar-refractivity contribution in [3.05, 3.63) is 42.5 Å². The molecule has 3 amide bonds. The molecule has 130 valence electrons. The molecule has 0 aliphatic carbocycles. The summed E-state index contributed by atoms with van der Waals surface area (Å²) in [5.41, 5.74) is 0.858. The number of amides is 3. The quantitative estimate of drug-likeness (QED) is 0.693. The molecule has 7 nitrogen and oxygen atoms in total. The van der Waals surface area contributed by atoms with Crippen molar-refractivity contribution < 1.29 is 19.1 Å². The molecular weight excluding hydrogens is 310 g/mol. The third-order valence-electron chi connectivity index (χ3n) is 2.68. The Morgan fingerprint density at radius 2 is 1.75 bits per heavy atom. The fraction of sp³-hybridized carbons (Fsp3) is 0.353. The largest absolute Gasteiger partial charge is 0.444 e. The van der Waals surface area contributed by atoms with E-state index in [1.165, 1.54) is 6.08 Å². The lowest BCUT2D eigenvalue weighted by Crippen LogP contribution is -2.37. The summed E-state index contributed by atoms with van der Waals surface area (Å²) in [6.45, 7) is 8.78. The molecule has 0 saturated carbocycles. The van der Waals surface area contributed by atoms with Gasteiger partial charge in [0, 0.05) is 12.2 Å². The molecule has 7 heteroatoms. The standard InChI is InChI=1S/C17H23N3O4/c1-5-14(21)18-10-12-6-8-13(9-7-12)20-15(22)11-19-16(23)24-17(2,3)4/h5-9H,1,10-11H2,2-4H3,(H,18,21)(H,19,23)(H,20,22). The molecule has 24 heavy (non-hydrogen) atoms. The Labute approximate surface area is 141 Å². The van der Waals surface area contributed by atoms with Crippen LogP contribution in [0.3, 0.4) is 0 Å². The minimum Gasteiger partial charge on any atom is -0.444 e. The van der Waals surface area contributed by atoms with Crippen molar-refractivity contribution in [2.24, 2.45) is 0 Å². The van der Waals surface area contributed by atoms with E-state index in [1.54, 1.807) is 45.0 Å². The van der Waals surface area contributed by atoms with Gasteiger partial charge in [0.05, 0.1) is 0 Å². The minimum absolute atomic E-state index is 0.188. The van der Waals surface area contributed by atoms with E-state index in [0.29, 0.717) is 12.2 Å². The van der Waals surface area contributed by atoms with E-state index in [1.807, 2.05) is 0 Å². The van der Waals surface area contributed by atoms with Crippen molar-refractivity contribution in [3.8, 4) is 0 Å². The maximum Gasteiger partial charge on any atom is 0.408 e. The number of ether oxygens (including phenoxy) is 1. The number of nitrogens with one attached hydrogen (secondary N) is 3. The van der Waals surface area contributed by atoms with E-state index in [4.69, 9.17) is 4.74 Å². The van der Waals surface area contributed by atoms with Crippen LogP contribution in [0.15, 0.2) is 36.9 Å². The van der Waals surface area contributed by atoms with Crippen LogP contribution < -0.4 is 16.0 Å². The fourth-order valence-electron chi connectivity index (χ4n) is 1.64. The lowest BCUT2D eigenvalue weighted by Gasteiger charge is -2.19. The van der Waals surface area contributed by atoms with Crippen LogP contribution in [0.25, 0.3) is 0 Å². The monoisotopic (exact) mass is 333 g/mol. The van der Waals surface area contributed by atoms with Gasteiger partial charge in [-0.1, -0.05) is 18.7 Å². The van der Waals surface area contributed by atoms with Crippen molar-refractivity contribution in [2.75, 3.05) is 11.9 Å². The molecule has 1 aromatic rings. The van der Waals surface area contributed by atoms with Gasteiger partial charge in [0.15, 0.2) is 0 Å². The molecule has 1 rings (SSSR count). The van der Waals surface area contributed by atoms with Crippen molar-refractivity contribution in [2.45, 2.75) is 32.9 Å². The molecule has 0 aromatic heterocycles. The van der Waals surface area contributed by atoms with Crippen molar-refractivity contribution in [1.82, 2.24) is 10.6 Å². The zero-order valence-electron chi connectivity index (χ0n) is 14.1. The normalized spacial score (nSPS) is 10.5. The Bertz CT molecular complexity index is 603. The molecule has 0 aliphatic heterocycles. The number of alkyl carbamates (subject to hydrolysis) is 1. The van der Waals surface area contributed by atoms with Gasteiger partial charge in [-0.05, 0) is 44.5 Å². The Balaban J connectivity index is 2.40. The number of benzene rings is 1. The van der Waals surface area contributed by atoms with Crippen LogP contribution >= 0.6 is 0 Å². The number of carbonyl (C=O) groups is 3. The summed E-state index contributed by atoms with van der Waals surface area (Å²) in [5, 5.41) is 7.68. The van der Waals surface area contributed by atoms with Gasteiger partial charge in [-0.25, -0.2) is 4.79 Å². The highest BCUT2D eigenvalue weighted by molar-refractivity contribution is 5.93. The first-order valence-corrected chi connectivity index (χ1v) is 7.45. The third kappa shape index (κ3) is 7.98. The summed E-state index contributed by atoms with van der Waals surface area (Å²) in [6, 6.07) is 6.97. The molecule has 0 bridgehead atoms. The number of hydrogen-bond acceptors (Lipinski definition) is 4. The van der Waals surface area contributed by atoms with Crippen molar-refractivity contribution in [1.29, 1.82) is 0 Å². The molecule has 1 aromatic carbocycles. The molecular formula is C17H23N3O4. The number of hydrogen-bond donors (Lipinski definition) is 3. The van der Waals surface area contributed by atoms with Gasteiger partial charge >= 0.3 is 6.09 Å².